The smallest absolute Gasteiger partial charge is 0.462 e. The van der Waals surface area contributed by atoms with Crippen LogP contribution in [0.1, 0.15) is 370 Å². The number of ether oxygens (including phenoxy) is 4. The second kappa shape index (κ2) is 63.8. The molecular formula is C73H142O17P2. The van der Waals surface area contributed by atoms with E-state index in [1.54, 1.807) is 0 Å². The zero-order chi connectivity index (χ0) is 68.0. The highest BCUT2D eigenvalue weighted by Gasteiger charge is 2.30. The number of phosphoric ester groups is 2. The van der Waals surface area contributed by atoms with Crippen molar-refractivity contribution in [3.05, 3.63) is 0 Å². The first-order valence-electron chi connectivity index (χ1n) is 37.8. The summed E-state index contributed by atoms with van der Waals surface area (Å²) in [5.41, 5.74) is 0. The van der Waals surface area contributed by atoms with Gasteiger partial charge in [-0.25, -0.2) is 9.13 Å². The molecule has 0 aliphatic carbocycles. The number of esters is 4. The molecule has 0 radical (unpaired) electrons. The van der Waals surface area contributed by atoms with Crippen LogP contribution in [0.5, 0.6) is 0 Å². The van der Waals surface area contributed by atoms with E-state index in [0.29, 0.717) is 25.7 Å². The number of aliphatic hydroxyl groups excluding tert-OH is 1. The number of carbonyl (C=O) groups excluding carboxylic acids is 4. The van der Waals surface area contributed by atoms with E-state index in [0.717, 1.165) is 108 Å². The summed E-state index contributed by atoms with van der Waals surface area (Å²) in [6, 6.07) is 0. The minimum Gasteiger partial charge on any atom is -0.462 e. The summed E-state index contributed by atoms with van der Waals surface area (Å²) in [7, 11) is -9.91. The van der Waals surface area contributed by atoms with Gasteiger partial charge in [0.05, 0.1) is 26.4 Å². The molecule has 17 nitrogen and oxygen atoms in total. The van der Waals surface area contributed by atoms with Crippen molar-refractivity contribution >= 4 is 39.5 Å². The minimum atomic E-state index is -4.95. The Balaban J connectivity index is 5.27. The van der Waals surface area contributed by atoms with Crippen LogP contribution in [0.2, 0.25) is 0 Å². The maximum atomic E-state index is 13.1. The Bertz CT molecular complexity index is 1800. The standard InChI is InChI=1S/C73H142O17P2/c1-8-9-10-11-12-13-14-15-19-26-33-40-47-54-70(75)83-60-68(89-72(77)56-49-42-35-27-20-17-16-18-23-30-37-44-51-64(2)3)62-87-91(79,80)85-58-67(74)59-86-92(81,82)88-63-69(90-73(78)57-50-43-36-29-22-25-32-39-46-53-66(6)7)61-84-71(76)55-48-41-34-28-21-24-31-38-45-52-65(4)5/h64-69,74H,8-63H2,1-7H3,(H,79,80)(H,81,82)/t67-,68-,69-/m1/s1. The molecule has 0 heterocycles. The molecule has 19 heteroatoms. The molecule has 0 aliphatic rings. The van der Waals surface area contributed by atoms with Crippen molar-refractivity contribution in [1.82, 2.24) is 0 Å². The van der Waals surface area contributed by atoms with Crippen molar-refractivity contribution in [1.29, 1.82) is 0 Å². The molecule has 0 aromatic carbocycles. The maximum absolute atomic E-state index is 13.1. The zero-order valence-electron chi connectivity index (χ0n) is 60.0. The highest BCUT2D eigenvalue weighted by Crippen LogP contribution is 2.45. The maximum Gasteiger partial charge on any atom is 0.472 e. The van der Waals surface area contributed by atoms with Crippen LogP contribution in [0.4, 0.5) is 0 Å². The zero-order valence-corrected chi connectivity index (χ0v) is 61.8. The third-order valence-electron chi connectivity index (χ3n) is 16.9. The van der Waals surface area contributed by atoms with Gasteiger partial charge in [-0.15, -0.1) is 0 Å². The van der Waals surface area contributed by atoms with E-state index in [1.165, 1.54) is 180 Å². The Morgan fingerprint density at radius 1 is 0.293 bits per heavy atom. The SMILES string of the molecule is CCCCCCCCCCCCCCCC(=O)OC[C@H](COP(=O)(O)OC[C@@H](O)COP(=O)(O)OC[C@@H](COC(=O)CCCCCCCCCCCC(C)C)OC(=O)CCCCCCCCCCCC(C)C)OC(=O)CCCCCCCCCCCCCCC(C)C. The van der Waals surface area contributed by atoms with E-state index in [1.807, 2.05) is 0 Å². The molecule has 0 rings (SSSR count). The van der Waals surface area contributed by atoms with Crippen LogP contribution in [-0.4, -0.2) is 96.7 Å². The molecule has 0 bridgehead atoms. The second-order valence-corrected chi connectivity index (χ2v) is 30.7. The van der Waals surface area contributed by atoms with Gasteiger partial charge in [0.2, 0.25) is 0 Å². The molecule has 0 aliphatic heterocycles. The number of rotatable bonds is 71. The van der Waals surface area contributed by atoms with Crippen LogP contribution >= 0.6 is 15.6 Å². The van der Waals surface area contributed by atoms with Gasteiger partial charge in [0.1, 0.15) is 19.3 Å². The number of unbranched alkanes of at least 4 members (excludes halogenated alkanes) is 39. The lowest BCUT2D eigenvalue weighted by Gasteiger charge is -2.21. The average Bonchev–Trinajstić information content (AvgIpc) is 2.09. The lowest BCUT2D eigenvalue weighted by atomic mass is 10.0. The molecule has 0 saturated heterocycles. The average molecular weight is 1350 g/mol. The predicted molar refractivity (Wildman–Crippen MR) is 372 cm³/mol. The van der Waals surface area contributed by atoms with Crippen molar-refractivity contribution in [2.75, 3.05) is 39.6 Å². The van der Waals surface area contributed by atoms with Crippen molar-refractivity contribution in [2.24, 2.45) is 17.8 Å². The Labute approximate surface area is 562 Å². The van der Waals surface area contributed by atoms with Crippen LogP contribution < -0.4 is 0 Å². The topological polar surface area (TPSA) is 237 Å². The van der Waals surface area contributed by atoms with Gasteiger partial charge in [-0.3, -0.25) is 37.3 Å². The second-order valence-electron chi connectivity index (χ2n) is 27.8. The van der Waals surface area contributed by atoms with Gasteiger partial charge in [-0.05, 0) is 43.4 Å². The number of hydrogen-bond acceptors (Lipinski definition) is 15. The van der Waals surface area contributed by atoms with Crippen molar-refractivity contribution in [2.45, 2.75) is 388 Å². The lowest BCUT2D eigenvalue weighted by molar-refractivity contribution is -0.161. The number of phosphoric acid groups is 2. The van der Waals surface area contributed by atoms with E-state index in [9.17, 15) is 43.2 Å². The first kappa shape index (κ1) is 90.1. The summed E-state index contributed by atoms with van der Waals surface area (Å²) < 4.78 is 68.4. The number of carbonyl (C=O) groups is 4. The Kier molecular flexibility index (Phi) is 62.4. The van der Waals surface area contributed by atoms with E-state index in [-0.39, 0.29) is 25.7 Å². The van der Waals surface area contributed by atoms with E-state index < -0.39 is 97.5 Å². The summed E-state index contributed by atoms with van der Waals surface area (Å²) in [5, 5.41) is 10.6. The summed E-state index contributed by atoms with van der Waals surface area (Å²) in [6.45, 7) is 11.8. The van der Waals surface area contributed by atoms with Gasteiger partial charge in [-0.2, -0.15) is 0 Å². The third kappa shape index (κ3) is 66.7. The van der Waals surface area contributed by atoms with E-state index in [4.69, 9.17) is 37.0 Å². The van der Waals surface area contributed by atoms with Gasteiger partial charge in [0.25, 0.3) is 0 Å². The van der Waals surface area contributed by atoms with Crippen molar-refractivity contribution in [3.8, 4) is 0 Å². The molecule has 2 unspecified atom stereocenters. The van der Waals surface area contributed by atoms with Gasteiger partial charge in [-0.1, -0.05) is 318 Å². The van der Waals surface area contributed by atoms with Gasteiger partial charge < -0.3 is 33.8 Å². The van der Waals surface area contributed by atoms with Gasteiger partial charge >= 0.3 is 39.5 Å². The molecule has 3 N–H and O–H groups in total. The van der Waals surface area contributed by atoms with E-state index >= 15 is 0 Å². The molecular weight excluding hydrogens is 1210 g/mol. The minimum absolute atomic E-state index is 0.105. The van der Waals surface area contributed by atoms with Crippen LogP contribution in [0.3, 0.4) is 0 Å². The van der Waals surface area contributed by atoms with Crippen LogP contribution in [0, 0.1) is 17.8 Å². The largest absolute Gasteiger partial charge is 0.472 e. The molecule has 0 spiro atoms. The molecule has 546 valence electrons. The predicted octanol–water partition coefficient (Wildman–Crippen LogP) is 21.0. The first-order valence-corrected chi connectivity index (χ1v) is 40.8. The van der Waals surface area contributed by atoms with Crippen LogP contribution in [0.15, 0.2) is 0 Å². The Hall–Kier alpha value is -1.94. The van der Waals surface area contributed by atoms with Crippen LogP contribution in [0.25, 0.3) is 0 Å². The highest BCUT2D eigenvalue weighted by atomic mass is 31.2. The molecule has 0 amide bonds. The molecule has 92 heavy (non-hydrogen) atoms. The van der Waals surface area contributed by atoms with Crippen molar-refractivity contribution < 1.29 is 80.2 Å². The fourth-order valence-electron chi connectivity index (χ4n) is 11.1. The Morgan fingerprint density at radius 3 is 0.739 bits per heavy atom. The molecule has 0 saturated carbocycles. The number of aliphatic hydroxyl groups is 1. The summed E-state index contributed by atoms with van der Waals surface area (Å²) in [4.78, 5) is 72.7. The van der Waals surface area contributed by atoms with Crippen LogP contribution in [-0.2, 0) is 65.4 Å². The highest BCUT2D eigenvalue weighted by molar-refractivity contribution is 7.47. The Morgan fingerprint density at radius 2 is 0.500 bits per heavy atom. The van der Waals surface area contributed by atoms with Gasteiger partial charge in [0.15, 0.2) is 12.2 Å². The lowest BCUT2D eigenvalue weighted by Crippen LogP contribution is -2.30. The monoisotopic (exact) mass is 1350 g/mol. The summed E-state index contributed by atoms with van der Waals surface area (Å²) in [5.74, 6) is 0.136. The normalized spacial score (nSPS) is 14.1. The summed E-state index contributed by atoms with van der Waals surface area (Å²) >= 11 is 0. The first-order chi connectivity index (χ1) is 44.2. The van der Waals surface area contributed by atoms with Gasteiger partial charge in [0, 0.05) is 25.7 Å². The number of hydrogen-bond donors (Lipinski definition) is 3. The molecule has 5 atom stereocenters. The molecule has 0 fully saturated rings. The fraction of sp³-hybridized carbons (Fsp3) is 0.945. The fourth-order valence-corrected chi connectivity index (χ4v) is 12.7. The van der Waals surface area contributed by atoms with Crippen molar-refractivity contribution in [3.63, 3.8) is 0 Å². The summed E-state index contributed by atoms with van der Waals surface area (Å²) in [6.07, 6.45) is 48.5. The quantitative estimate of drug-likeness (QED) is 0.0222. The van der Waals surface area contributed by atoms with E-state index in [2.05, 4.69) is 48.5 Å². The third-order valence-corrected chi connectivity index (χ3v) is 18.8. The molecule has 0 aromatic heterocycles. The molecule has 0 aromatic rings.